The van der Waals surface area contributed by atoms with Gasteiger partial charge in [-0.1, -0.05) is 6.04 Å². The SMILES string of the molecule is NC1C(OC2C(CO)OC(O)C(N)C2O)OC(CO)C(O)C1O.[H+].[HH].[NH-]C1C(O)OC(CO)C(OC2OC(CO)C(O)C(O)C2[NH3+])C1O. The van der Waals surface area contributed by atoms with Crippen LogP contribution in [0.25, 0.3) is 5.73 Å². The summed E-state index contributed by atoms with van der Waals surface area (Å²) in [6.45, 7) is -2.33. The van der Waals surface area contributed by atoms with Crippen LogP contribution < -0.4 is 17.2 Å². The third-order valence-electron chi connectivity index (χ3n) is 8.31. The Labute approximate surface area is 265 Å². The molecule has 20 unspecified atom stereocenters. The average Bonchev–Trinajstić information content (AvgIpc) is 3.05. The molecule has 0 radical (unpaired) electrons. The van der Waals surface area contributed by atoms with E-state index in [0.717, 1.165) is 0 Å². The van der Waals surface area contributed by atoms with E-state index in [1.807, 2.05) is 0 Å². The van der Waals surface area contributed by atoms with E-state index in [0.29, 0.717) is 0 Å². The van der Waals surface area contributed by atoms with Gasteiger partial charge in [-0.3, -0.25) is 0 Å². The number of aliphatic hydroxyl groups excluding tert-OH is 12. The van der Waals surface area contributed by atoms with Crippen LogP contribution in [-0.4, -0.2) is 210 Å². The minimum atomic E-state index is -1.58. The molecule has 0 aliphatic carbocycles. The van der Waals surface area contributed by atoms with Gasteiger partial charge in [0.15, 0.2) is 18.6 Å². The van der Waals surface area contributed by atoms with Crippen LogP contribution in [0.15, 0.2) is 0 Å². The highest BCUT2D eigenvalue weighted by atomic mass is 16.7. The molecule has 274 valence electrons. The van der Waals surface area contributed by atoms with E-state index in [2.05, 4.69) is 5.73 Å². The summed E-state index contributed by atoms with van der Waals surface area (Å²) in [6, 6.07) is -4.73. The Morgan fingerprint density at radius 3 is 1.52 bits per heavy atom. The molecule has 0 aromatic heterocycles. The fraction of sp³-hybridized carbons (Fsp3) is 1.00. The molecule has 4 aliphatic rings. The number of hydrogen-bond donors (Lipinski definition) is 15. The monoisotopic (exact) mass is 683 g/mol. The van der Waals surface area contributed by atoms with E-state index in [4.69, 9.17) is 55.8 Å². The van der Waals surface area contributed by atoms with Gasteiger partial charge in [-0.25, -0.2) is 0 Å². The molecule has 0 bridgehead atoms. The molecule has 20 atom stereocenters. The van der Waals surface area contributed by atoms with Crippen molar-refractivity contribution in [2.45, 2.75) is 123 Å². The molecule has 0 aromatic rings. The molecule has 4 heterocycles. The maximum Gasteiger partial charge on any atom is 1.00 e. The van der Waals surface area contributed by atoms with E-state index in [-0.39, 0.29) is 2.85 Å². The highest BCUT2D eigenvalue weighted by Crippen LogP contribution is 2.29. The van der Waals surface area contributed by atoms with E-state index in [1.54, 1.807) is 0 Å². The number of aliphatic hydroxyl groups is 12. The standard InChI is InChI=1S/C12H24N2O9.C12H23N2O9.H2/c2*13-5-9(19)10(4(2-16)21-11(5)20)23-12-6(14)8(18)7(17)3(1-15)22-12;/h3-12,15-20H,1-2,13-14H2;3-13,15-20H,1-2,14H2;1H/q;-1;/p+2. The maximum atomic E-state index is 10.1. The second-order valence-electron chi connectivity index (χ2n) is 11.4. The van der Waals surface area contributed by atoms with Crippen LogP contribution in [0.2, 0.25) is 0 Å². The van der Waals surface area contributed by atoms with Crippen LogP contribution in [0, 0.1) is 0 Å². The van der Waals surface area contributed by atoms with Gasteiger partial charge in [0.05, 0.1) is 44.6 Å². The first-order valence-corrected chi connectivity index (χ1v) is 14.5. The molecule has 22 heteroatoms. The minimum absolute atomic E-state index is 0. The summed E-state index contributed by atoms with van der Waals surface area (Å²) >= 11 is 0. The van der Waals surface area contributed by atoms with Crippen LogP contribution in [0.4, 0.5) is 0 Å². The minimum Gasteiger partial charge on any atom is -0.668 e. The maximum absolute atomic E-state index is 10.1. The fourth-order valence-corrected chi connectivity index (χ4v) is 5.33. The molecule has 0 aromatic carbocycles. The van der Waals surface area contributed by atoms with Crippen molar-refractivity contribution in [3.8, 4) is 0 Å². The third-order valence-corrected chi connectivity index (χ3v) is 8.31. The first kappa shape index (κ1) is 39.6. The summed E-state index contributed by atoms with van der Waals surface area (Å²) in [7, 11) is 0. The summed E-state index contributed by atoms with van der Waals surface area (Å²) in [5.74, 6) is 0. The molecule has 0 amide bonds. The van der Waals surface area contributed by atoms with Gasteiger partial charge in [-0.2, -0.15) is 0 Å². The van der Waals surface area contributed by atoms with Crippen molar-refractivity contribution in [3.05, 3.63) is 5.73 Å². The normalized spacial score (nSPS) is 51.7. The van der Waals surface area contributed by atoms with Gasteiger partial charge in [0.2, 0.25) is 6.29 Å². The molecule has 22 nitrogen and oxygen atoms in total. The van der Waals surface area contributed by atoms with Crippen LogP contribution in [0.5, 0.6) is 0 Å². The Bertz CT molecular complexity index is 853. The third kappa shape index (κ3) is 8.45. The quantitative estimate of drug-likeness (QED) is 0.113. The highest BCUT2D eigenvalue weighted by Gasteiger charge is 2.51. The predicted octanol–water partition coefficient (Wildman–Crippen LogP) is -10.2. The van der Waals surface area contributed by atoms with Crippen molar-refractivity contribution in [3.63, 3.8) is 0 Å². The lowest BCUT2D eigenvalue weighted by Gasteiger charge is -2.47. The molecule has 0 saturated carbocycles. The van der Waals surface area contributed by atoms with Crippen molar-refractivity contribution in [1.82, 2.24) is 0 Å². The molecule has 4 aliphatic heterocycles. The number of quaternary nitrogens is 1. The zero-order chi connectivity index (χ0) is 34.6. The van der Waals surface area contributed by atoms with Crippen molar-refractivity contribution in [2.75, 3.05) is 26.4 Å². The Hall–Kier alpha value is -0.880. The molecule has 46 heavy (non-hydrogen) atoms. The van der Waals surface area contributed by atoms with Gasteiger partial charge in [0.1, 0.15) is 73.4 Å². The van der Waals surface area contributed by atoms with Crippen molar-refractivity contribution < 1.29 is 98.3 Å². The highest BCUT2D eigenvalue weighted by molar-refractivity contribution is 4.99. The summed E-state index contributed by atoms with van der Waals surface area (Å²) < 4.78 is 31.6. The number of nitrogens with two attached hydrogens (primary N) is 2. The first-order chi connectivity index (χ1) is 21.6. The van der Waals surface area contributed by atoms with Gasteiger partial charge in [0.25, 0.3) is 0 Å². The van der Waals surface area contributed by atoms with Crippen molar-refractivity contribution >= 4 is 0 Å². The molecule has 4 fully saturated rings. The fourth-order valence-electron chi connectivity index (χ4n) is 5.33. The van der Waals surface area contributed by atoms with Crippen LogP contribution in [0.3, 0.4) is 0 Å². The average molecular weight is 684 g/mol. The molecular formula is C24H51N4O18+. The lowest BCUT2D eigenvalue weighted by Crippen LogP contribution is -2.79. The van der Waals surface area contributed by atoms with E-state index in [1.165, 1.54) is 0 Å². The lowest BCUT2D eigenvalue weighted by atomic mass is 9.95. The number of ether oxygens (including phenoxy) is 6. The summed E-state index contributed by atoms with van der Waals surface area (Å²) in [4.78, 5) is 0. The molecule has 4 rings (SSSR count). The number of hydrogen-bond acceptors (Lipinski definition) is 20. The first-order valence-electron chi connectivity index (χ1n) is 14.5. The predicted molar refractivity (Wildman–Crippen MR) is 147 cm³/mol. The number of rotatable bonds is 8. The van der Waals surface area contributed by atoms with Gasteiger partial charge >= 0.3 is 1.43 Å². The zero-order valence-electron chi connectivity index (χ0n) is 25.6. The van der Waals surface area contributed by atoms with Gasteiger partial charge < -0.3 is 113 Å². The Morgan fingerprint density at radius 2 is 1.00 bits per heavy atom. The molecule has 4 saturated heterocycles. The Kier molecular flexibility index (Phi) is 14.8. The lowest BCUT2D eigenvalue weighted by molar-refractivity contribution is -0.506. The van der Waals surface area contributed by atoms with E-state index in [9.17, 15) is 51.1 Å². The summed E-state index contributed by atoms with van der Waals surface area (Å²) in [5.41, 5.74) is 22.6. The van der Waals surface area contributed by atoms with Gasteiger partial charge in [-0.05, 0) is 0 Å². The second-order valence-corrected chi connectivity index (χ2v) is 11.4. The van der Waals surface area contributed by atoms with Gasteiger partial charge in [-0.15, -0.1) is 0 Å². The zero-order valence-corrected chi connectivity index (χ0v) is 24.6. The number of nitrogens with one attached hydrogen (secondary N) is 1. The second kappa shape index (κ2) is 17.2. The largest absolute Gasteiger partial charge is 1.00 e. The van der Waals surface area contributed by atoms with Crippen LogP contribution in [-0.2, 0) is 28.4 Å². The van der Waals surface area contributed by atoms with E-state index >= 15 is 0 Å². The summed E-state index contributed by atoms with van der Waals surface area (Å²) in [5, 5.41) is 115. The Balaban J connectivity index is 0.000000461. The van der Waals surface area contributed by atoms with Crippen LogP contribution >= 0.6 is 0 Å². The Morgan fingerprint density at radius 1 is 0.565 bits per heavy atom. The van der Waals surface area contributed by atoms with Crippen molar-refractivity contribution in [2.24, 2.45) is 11.5 Å². The molecule has 20 N–H and O–H groups in total. The molecular weight excluding hydrogens is 632 g/mol. The van der Waals surface area contributed by atoms with E-state index < -0.39 is 149 Å². The smallest absolute Gasteiger partial charge is 0.668 e. The summed E-state index contributed by atoms with van der Waals surface area (Å²) in [6.07, 6.45) is -20.9. The van der Waals surface area contributed by atoms with Crippen molar-refractivity contribution in [1.29, 1.82) is 0 Å². The van der Waals surface area contributed by atoms with Gasteiger partial charge in [0, 0.05) is 1.43 Å². The topological polar surface area (TPSA) is 402 Å². The van der Waals surface area contributed by atoms with Crippen LogP contribution in [0.1, 0.15) is 2.85 Å². The molecule has 0 spiro atoms.